The molecule has 6 nitrogen and oxygen atoms in total. The van der Waals surface area contributed by atoms with Gasteiger partial charge in [-0.2, -0.15) is 0 Å². The van der Waals surface area contributed by atoms with Crippen LogP contribution in [0.2, 0.25) is 10.0 Å². The number of pyridine rings is 1. The third-order valence-corrected chi connectivity index (χ3v) is 7.68. The number of halogens is 2. The maximum Gasteiger partial charge on any atom is 0.143 e. The summed E-state index contributed by atoms with van der Waals surface area (Å²) >= 11 is 12.8. The predicted octanol–water partition coefficient (Wildman–Crippen LogP) is 4.57. The highest BCUT2D eigenvalue weighted by Gasteiger charge is 2.41. The van der Waals surface area contributed by atoms with E-state index in [9.17, 15) is 0 Å². The number of hydrogen-bond acceptors (Lipinski definition) is 5. The number of nitrogens with one attached hydrogen (secondary N) is 1. The lowest BCUT2D eigenvalue weighted by molar-refractivity contribution is 0.336. The van der Waals surface area contributed by atoms with Crippen LogP contribution in [-0.4, -0.2) is 45.9 Å². The van der Waals surface area contributed by atoms with Crippen LogP contribution >= 0.6 is 23.2 Å². The maximum absolute atomic E-state index is 6.38. The molecule has 0 bridgehead atoms. The van der Waals surface area contributed by atoms with Gasteiger partial charge < -0.3 is 14.8 Å². The molecule has 0 amide bonds. The van der Waals surface area contributed by atoms with Gasteiger partial charge in [-0.25, -0.2) is 0 Å². The second kappa shape index (κ2) is 9.00. The first-order valence-corrected chi connectivity index (χ1v) is 12.1. The van der Waals surface area contributed by atoms with Crippen LogP contribution in [0, 0.1) is 0 Å². The van der Waals surface area contributed by atoms with Gasteiger partial charge in [-0.1, -0.05) is 53.5 Å². The molecular weight excluding hydrogens is 443 g/mol. The van der Waals surface area contributed by atoms with Gasteiger partial charge in [0.25, 0.3) is 0 Å². The van der Waals surface area contributed by atoms with Crippen LogP contribution in [0.4, 0.5) is 5.69 Å². The smallest absolute Gasteiger partial charge is 0.143 e. The van der Waals surface area contributed by atoms with Gasteiger partial charge in [0.2, 0.25) is 0 Å². The van der Waals surface area contributed by atoms with Crippen molar-refractivity contribution in [2.24, 2.45) is 7.05 Å². The maximum atomic E-state index is 6.38. The quantitative estimate of drug-likeness (QED) is 0.604. The highest BCUT2D eigenvalue weighted by molar-refractivity contribution is 6.38. The average molecular weight is 471 g/mol. The number of hydrogen-bond donors (Lipinski definition) is 1. The lowest BCUT2D eigenvalue weighted by Crippen LogP contribution is -2.42. The molecule has 32 heavy (non-hydrogen) atoms. The summed E-state index contributed by atoms with van der Waals surface area (Å²) in [6.45, 7) is 3.74. The van der Waals surface area contributed by atoms with Crippen molar-refractivity contribution in [2.45, 2.75) is 37.0 Å². The Kier molecular flexibility index (Phi) is 6.10. The molecule has 4 heterocycles. The van der Waals surface area contributed by atoms with Gasteiger partial charge in [-0.3, -0.25) is 4.98 Å². The van der Waals surface area contributed by atoms with Gasteiger partial charge in [-0.15, -0.1) is 10.2 Å². The van der Waals surface area contributed by atoms with E-state index in [1.165, 1.54) is 5.56 Å². The van der Waals surface area contributed by atoms with E-state index in [-0.39, 0.29) is 5.41 Å². The predicted molar refractivity (Wildman–Crippen MR) is 129 cm³/mol. The molecule has 0 atom stereocenters. The molecule has 2 saturated heterocycles. The van der Waals surface area contributed by atoms with Crippen molar-refractivity contribution in [2.75, 3.05) is 31.1 Å². The minimum absolute atomic E-state index is 0.0920. The summed E-state index contributed by atoms with van der Waals surface area (Å²) < 4.78 is 2.27. The lowest BCUT2D eigenvalue weighted by atomic mass is 9.72. The van der Waals surface area contributed by atoms with Crippen LogP contribution in [0.5, 0.6) is 0 Å². The van der Waals surface area contributed by atoms with Crippen molar-refractivity contribution in [3.05, 3.63) is 70.0 Å². The summed E-state index contributed by atoms with van der Waals surface area (Å²) in [5, 5.41) is 14.2. The number of anilines is 1. The van der Waals surface area contributed by atoms with Crippen LogP contribution in [0.1, 0.15) is 48.8 Å². The van der Waals surface area contributed by atoms with E-state index in [2.05, 4.69) is 57.1 Å². The molecule has 0 spiro atoms. The number of aromatic nitrogens is 4. The highest BCUT2D eigenvalue weighted by Crippen LogP contribution is 2.41. The molecule has 2 aliphatic rings. The van der Waals surface area contributed by atoms with Gasteiger partial charge in [-0.05, 0) is 44.3 Å². The van der Waals surface area contributed by atoms with Crippen molar-refractivity contribution in [1.82, 2.24) is 25.1 Å². The summed E-state index contributed by atoms with van der Waals surface area (Å²) in [6, 6.07) is 10.8. The molecule has 168 valence electrons. The molecule has 0 aliphatic carbocycles. The lowest BCUT2D eigenvalue weighted by Gasteiger charge is -2.37. The van der Waals surface area contributed by atoms with Gasteiger partial charge in [0.1, 0.15) is 11.6 Å². The Morgan fingerprint density at radius 2 is 1.62 bits per heavy atom. The normalized spacial score (nSPS) is 19.3. The van der Waals surface area contributed by atoms with Crippen LogP contribution in [0.15, 0.2) is 42.7 Å². The van der Waals surface area contributed by atoms with E-state index in [0.717, 1.165) is 69.2 Å². The molecule has 2 aliphatic heterocycles. The molecule has 3 aromatic rings. The fourth-order valence-corrected chi connectivity index (χ4v) is 6.04. The average Bonchev–Trinajstić information content (AvgIpc) is 3.22. The van der Waals surface area contributed by atoms with Crippen LogP contribution in [0.25, 0.3) is 0 Å². The fraction of sp³-hybridized carbons (Fsp3) is 0.458. The van der Waals surface area contributed by atoms with Crippen molar-refractivity contribution < 1.29 is 0 Å². The van der Waals surface area contributed by atoms with Gasteiger partial charge >= 0.3 is 0 Å². The molecule has 0 unspecified atom stereocenters. The third kappa shape index (κ3) is 3.78. The zero-order chi connectivity index (χ0) is 22.1. The molecule has 1 N–H and O–H groups in total. The molecule has 2 fully saturated rings. The first-order chi connectivity index (χ1) is 15.6. The summed E-state index contributed by atoms with van der Waals surface area (Å²) in [5.74, 6) is 2.54. The first kappa shape index (κ1) is 21.7. The van der Waals surface area contributed by atoms with Crippen LogP contribution in [0.3, 0.4) is 0 Å². The van der Waals surface area contributed by atoms with Gasteiger partial charge in [0.15, 0.2) is 0 Å². The SMILES string of the molecule is Cn1c(C2CCN(c3c(Cl)cncc3Cl)CC2)nnc1C1(c2ccccc2)CCNCC1. The largest absolute Gasteiger partial charge is 0.369 e. The standard InChI is InChI=1S/C24H28Cl2N6/c1-31-22(17-7-13-32(14-8-17)21-19(25)15-28-16-20(21)26)29-30-23(31)24(9-11-27-12-10-24)18-5-3-2-4-6-18/h2-6,15-17,27H,7-14H2,1H3. The highest BCUT2D eigenvalue weighted by atomic mass is 35.5. The Morgan fingerprint density at radius 3 is 2.28 bits per heavy atom. The van der Waals surface area contributed by atoms with Crippen molar-refractivity contribution in [3.63, 3.8) is 0 Å². The van der Waals surface area contributed by atoms with Crippen molar-refractivity contribution >= 4 is 28.9 Å². The second-order valence-electron chi connectivity index (χ2n) is 8.85. The Balaban J connectivity index is 1.40. The van der Waals surface area contributed by atoms with Crippen molar-refractivity contribution in [1.29, 1.82) is 0 Å². The minimum atomic E-state index is -0.0920. The molecule has 5 rings (SSSR count). The molecule has 0 radical (unpaired) electrons. The molecule has 1 aromatic carbocycles. The van der Waals surface area contributed by atoms with E-state index in [4.69, 9.17) is 33.4 Å². The van der Waals surface area contributed by atoms with E-state index < -0.39 is 0 Å². The summed E-state index contributed by atoms with van der Waals surface area (Å²) in [7, 11) is 2.14. The van der Waals surface area contributed by atoms with Crippen LogP contribution in [-0.2, 0) is 12.5 Å². The molecule has 2 aromatic heterocycles. The Morgan fingerprint density at radius 1 is 0.969 bits per heavy atom. The minimum Gasteiger partial charge on any atom is -0.369 e. The Labute approximate surface area is 199 Å². The number of nitrogens with zero attached hydrogens (tertiary/aromatic N) is 5. The van der Waals surface area contributed by atoms with E-state index >= 15 is 0 Å². The van der Waals surface area contributed by atoms with Crippen molar-refractivity contribution in [3.8, 4) is 0 Å². The van der Waals surface area contributed by atoms with E-state index in [1.807, 2.05) is 0 Å². The number of piperidine rings is 2. The second-order valence-corrected chi connectivity index (χ2v) is 9.67. The first-order valence-electron chi connectivity index (χ1n) is 11.3. The third-order valence-electron chi connectivity index (χ3n) is 7.12. The van der Waals surface area contributed by atoms with E-state index in [1.54, 1.807) is 12.4 Å². The Hall–Kier alpha value is -2.15. The molecule has 8 heteroatoms. The van der Waals surface area contributed by atoms with Crippen LogP contribution < -0.4 is 10.2 Å². The van der Waals surface area contributed by atoms with Gasteiger partial charge in [0, 0.05) is 38.4 Å². The summed E-state index contributed by atoms with van der Waals surface area (Å²) in [4.78, 5) is 6.34. The molecular formula is C24H28Cl2N6. The molecule has 0 saturated carbocycles. The topological polar surface area (TPSA) is 58.9 Å². The summed E-state index contributed by atoms with van der Waals surface area (Å²) in [5.41, 5.74) is 2.13. The number of benzene rings is 1. The van der Waals surface area contributed by atoms with E-state index in [0.29, 0.717) is 16.0 Å². The number of rotatable bonds is 4. The monoisotopic (exact) mass is 470 g/mol. The summed E-state index contributed by atoms with van der Waals surface area (Å²) in [6.07, 6.45) is 7.35. The zero-order valence-corrected chi connectivity index (χ0v) is 19.8. The fourth-order valence-electron chi connectivity index (χ4n) is 5.43. The van der Waals surface area contributed by atoms with Gasteiger partial charge in [0.05, 0.1) is 21.1 Å². The Bertz CT molecular complexity index is 1050. The zero-order valence-electron chi connectivity index (χ0n) is 18.3.